The summed E-state index contributed by atoms with van der Waals surface area (Å²) in [7, 11) is 1.97. The maximum Gasteiger partial charge on any atom is 0.0576 e. The average Bonchev–Trinajstić information content (AvgIpc) is 3.29. The highest BCUT2D eigenvalue weighted by atomic mass is 35.5. The monoisotopic (exact) mass is 367 g/mol. The molecule has 0 spiro atoms. The Labute approximate surface area is 154 Å². The van der Waals surface area contributed by atoms with Crippen LogP contribution in [-0.2, 0) is 13.6 Å². The maximum atomic E-state index is 4.27. The molecule has 4 heterocycles. The molecule has 0 aromatic carbocycles. The largest absolute Gasteiger partial charge is 0.314 e. The SMILES string of the molecule is Cl.Cn1cc(-c2ccc(CN3CCC(N4CCNCC4)C3)s2)cn1. The Balaban J connectivity index is 0.00000169. The van der Waals surface area contributed by atoms with Crippen LogP contribution in [0, 0.1) is 0 Å². The highest BCUT2D eigenvalue weighted by Crippen LogP contribution is 2.29. The quantitative estimate of drug-likeness (QED) is 0.897. The van der Waals surface area contributed by atoms with Gasteiger partial charge in [-0.25, -0.2) is 0 Å². The van der Waals surface area contributed by atoms with Crippen molar-refractivity contribution in [3.63, 3.8) is 0 Å². The molecule has 0 saturated carbocycles. The van der Waals surface area contributed by atoms with Gasteiger partial charge in [0.05, 0.1) is 6.20 Å². The van der Waals surface area contributed by atoms with Gasteiger partial charge in [0.1, 0.15) is 0 Å². The van der Waals surface area contributed by atoms with Gasteiger partial charge in [-0.3, -0.25) is 14.5 Å². The van der Waals surface area contributed by atoms with Crippen LogP contribution in [0.3, 0.4) is 0 Å². The van der Waals surface area contributed by atoms with E-state index in [1.165, 1.54) is 47.9 Å². The molecule has 132 valence electrons. The lowest BCUT2D eigenvalue weighted by molar-refractivity contribution is 0.170. The first-order valence-corrected chi connectivity index (χ1v) is 9.34. The van der Waals surface area contributed by atoms with E-state index in [0.29, 0.717) is 0 Å². The molecular formula is C17H26ClN5S. The second-order valence-corrected chi connectivity index (χ2v) is 7.80. The van der Waals surface area contributed by atoms with Crippen molar-refractivity contribution in [3.05, 3.63) is 29.4 Å². The van der Waals surface area contributed by atoms with Crippen molar-refractivity contribution in [1.82, 2.24) is 24.9 Å². The molecule has 2 fully saturated rings. The smallest absolute Gasteiger partial charge is 0.0576 e. The summed E-state index contributed by atoms with van der Waals surface area (Å²) in [5.41, 5.74) is 1.23. The second kappa shape index (κ2) is 7.97. The van der Waals surface area contributed by atoms with E-state index in [1.54, 1.807) is 0 Å². The summed E-state index contributed by atoms with van der Waals surface area (Å²) in [6.07, 6.45) is 5.36. The molecule has 0 amide bonds. The predicted octanol–water partition coefficient (Wildman–Crippen LogP) is 2.05. The summed E-state index contributed by atoms with van der Waals surface area (Å²) in [6, 6.07) is 5.28. The Bertz CT molecular complexity index is 649. The third-order valence-electron chi connectivity index (χ3n) is 4.95. The van der Waals surface area contributed by atoms with Crippen molar-refractivity contribution in [3.8, 4) is 10.4 Å². The fourth-order valence-electron chi connectivity index (χ4n) is 3.69. The fourth-order valence-corrected chi connectivity index (χ4v) is 4.71. The summed E-state index contributed by atoms with van der Waals surface area (Å²) in [5, 5.41) is 7.72. The van der Waals surface area contributed by atoms with Gasteiger partial charge in [-0.15, -0.1) is 23.7 Å². The number of halogens is 1. The normalized spacial score (nSPS) is 22.6. The average molecular weight is 368 g/mol. The van der Waals surface area contributed by atoms with E-state index in [1.807, 2.05) is 29.3 Å². The standard InChI is InChI=1S/C17H25N5S.ClH/c1-20-11-14(10-19-20)17-3-2-16(23-17)13-21-7-4-15(12-21)22-8-5-18-6-9-22;/h2-3,10-11,15,18H,4-9,12-13H2,1H3;1H. The number of hydrogen-bond acceptors (Lipinski definition) is 5. The second-order valence-electron chi connectivity index (χ2n) is 6.63. The minimum Gasteiger partial charge on any atom is -0.314 e. The number of nitrogens with zero attached hydrogens (tertiary/aromatic N) is 4. The molecule has 1 N–H and O–H groups in total. The first-order valence-electron chi connectivity index (χ1n) is 8.53. The van der Waals surface area contributed by atoms with E-state index in [0.717, 1.165) is 25.7 Å². The molecule has 2 aromatic rings. The van der Waals surface area contributed by atoms with Gasteiger partial charge in [-0.05, 0) is 18.6 Å². The van der Waals surface area contributed by atoms with Crippen molar-refractivity contribution in [1.29, 1.82) is 0 Å². The zero-order chi connectivity index (χ0) is 15.6. The number of nitrogens with one attached hydrogen (secondary N) is 1. The number of thiophene rings is 1. The molecule has 4 rings (SSSR count). The van der Waals surface area contributed by atoms with Crippen LogP contribution in [-0.4, -0.2) is 64.9 Å². The Hall–Kier alpha value is -0.920. The van der Waals surface area contributed by atoms with Crippen molar-refractivity contribution in [2.75, 3.05) is 39.3 Å². The molecule has 2 saturated heterocycles. The Kier molecular flexibility index (Phi) is 5.94. The first-order chi connectivity index (χ1) is 11.3. The molecule has 7 heteroatoms. The minimum absolute atomic E-state index is 0. The van der Waals surface area contributed by atoms with E-state index in [4.69, 9.17) is 0 Å². The van der Waals surface area contributed by atoms with E-state index >= 15 is 0 Å². The van der Waals surface area contributed by atoms with E-state index in [9.17, 15) is 0 Å². The van der Waals surface area contributed by atoms with Gasteiger partial charge < -0.3 is 5.32 Å². The van der Waals surface area contributed by atoms with E-state index < -0.39 is 0 Å². The molecule has 2 aliphatic rings. The van der Waals surface area contributed by atoms with Crippen LogP contribution in [0.2, 0.25) is 0 Å². The first kappa shape index (κ1) is 17.9. The van der Waals surface area contributed by atoms with Gasteiger partial charge in [0.2, 0.25) is 0 Å². The number of piperazine rings is 1. The lowest BCUT2D eigenvalue weighted by Crippen LogP contribution is -2.49. The van der Waals surface area contributed by atoms with Gasteiger partial charge in [0.25, 0.3) is 0 Å². The summed E-state index contributed by atoms with van der Waals surface area (Å²) < 4.78 is 1.87. The summed E-state index contributed by atoms with van der Waals surface area (Å²) in [5.74, 6) is 0. The fraction of sp³-hybridized carbons (Fsp3) is 0.588. The molecule has 0 aliphatic carbocycles. The third-order valence-corrected chi connectivity index (χ3v) is 6.07. The van der Waals surface area contributed by atoms with Crippen LogP contribution in [0.1, 0.15) is 11.3 Å². The lowest BCUT2D eigenvalue weighted by atomic mass is 10.2. The third kappa shape index (κ3) is 4.00. The Morgan fingerprint density at radius 1 is 1.25 bits per heavy atom. The van der Waals surface area contributed by atoms with Crippen LogP contribution in [0.4, 0.5) is 0 Å². The minimum atomic E-state index is 0. The van der Waals surface area contributed by atoms with Crippen molar-refractivity contribution < 1.29 is 0 Å². The predicted molar refractivity (Wildman–Crippen MR) is 102 cm³/mol. The van der Waals surface area contributed by atoms with Crippen molar-refractivity contribution >= 4 is 23.7 Å². The molecule has 0 bridgehead atoms. The molecular weight excluding hydrogens is 342 g/mol. The molecule has 5 nitrogen and oxygen atoms in total. The maximum absolute atomic E-state index is 4.27. The zero-order valence-corrected chi connectivity index (χ0v) is 15.8. The van der Waals surface area contributed by atoms with E-state index in [-0.39, 0.29) is 12.4 Å². The van der Waals surface area contributed by atoms with Crippen LogP contribution in [0.15, 0.2) is 24.5 Å². The summed E-state index contributed by atoms with van der Waals surface area (Å²) in [6.45, 7) is 8.26. The number of hydrogen-bond donors (Lipinski definition) is 1. The molecule has 2 aliphatic heterocycles. The van der Waals surface area contributed by atoms with Crippen LogP contribution >= 0.6 is 23.7 Å². The highest BCUT2D eigenvalue weighted by Gasteiger charge is 2.28. The van der Waals surface area contributed by atoms with Crippen LogP contribution in [0.25, 0.3) is 10.4 Å². The molecule has 2 aromatic heterocycles. The Morgan fingerprint density at radius 3 is 2.83 bits per heavy atom. The van der Waals surface area contributed by atoms with Gasteiger partial charge in [0.15, 0.2) is 0 Å². The van der Waals surface area contributed by atoms with Gasteiger partial charge in [0, 0.05) is 80.4 Å². The molecule has 1 unspecified atom stereocenters. The number of aromatic nitrogens is 2. The van der Waals surface area contributed by atoms with Crippen LogP contribution in [0.5, 0.6) is 0 Å². The number of likely N-dealkylation sites (tertiary alicyclic amines) is 1. The molecule has 24 heavy (non-hydrogen) atoms. The zero-order valence-electron chi connectivity index (χ0n) is 14.1. The summed E-state index contributed by atoms with van der Waals surface area (Å²) in [4.78, 5) is 8.08. The topological polar surface area (TPSA) is 36.3 Å². The van der Waals surface area contributed by atoms with E-state index in [2.05, 4.69) is 38.5 Å². The van der Waals surface area contributed by atoms with Gasteiger partial charge in [-0.2, -0.15) is 5.10 Å². The molecule has 1 atom stereocenters. The number of aryl methyl sites for hydroxylation is 1. The summed E-state index contributed by atoms with van der Waals surface area (Å²) >= 11 is 1.90. The lowest BCUT2D eigenvalue weighted by Gasteiger charge is -2.32. The van der Waals surface area contributed by atoms with Gasteiger partial charge >= 0.3 is 0 Å². The highest BCUT2D eigenvalue weighted by molar-refractivity contribution is 7.15. The van der Waals surface area contributed by atoms with Crippen LogP contribution < -0.4 is 5.32 Å². The van der Waals surface area contributed by atoms with Crippen molar-refractivity contribution in [2.45, 2.75) is 19.0 Å². The number of rotatable bonds is 4. The van der Waals surface area contributed by atoms with Crippen molar-refractivity contribution in [2.24, 2.45) is 7.05 Å². The molecule has 0 radical (unpaired) electrons. The van der Waals surface area contributed by atoms with Gasteiger partial charge in [-0.1, -0.05) is 0 Å². The Morgan fingerprint density at radius 2 is 2.08 bits per heavy atom.